The van der Waals surface area contributed by atoms with Crippen molar-refractivity contribution < 1.29 is 13.2 Å². The summed E-state index contributed by atoms with van der Waals surface area (Å²) in [6, 6.07) is 28.8. The van der Waals surface area contributed by atoms with Gasteiger partial charge in [-0.05, 0) is 75.7 Å². The second kappa shape index (κ2) is 7.72. The Kier molecular flexibility index (Phi) is 4.56. The zero-order chi connectivity index (χ0) is 24.4. The molecule has 0 amide bonds. The summed E-state index contributed by atoms with van der Waals surface area (Å²) in [5.41, 5.74) is 9.62. The van der Waals surface area contributed by atoms with E-state index in [0.717, 1.165) is 34.9 Å². The van der Waals surface area contributed by atoms with E-state index in [1.807, 2.05) is 23.1 Å². The lowest BCUT2D eigenvalue weighted by Gasteiger charge is -2.30. The fourth-order valence-corrected chi connectivity index (χ4v) is 5.98. The first-order chi connectivity index (χ1) is 17.5. The predicted molar refractivity (Wildman–Crippen MR) is 138 cm³/mol. The van der Waals surface area contributed by atoms with Gasteiger partial charge >= 0.3 is 6.18 Å². The van der Waals surface area contributed by atoms with Crippen LogP contribution in [0.3, 0.4) is 0 Å². The molecule has 0 spiro atoms. The van der Waals surface area contributed by atoms with Crippen LogP contribution < -0.4 is 4.90 Å². The number of para-hydroxylation sites is 1. The maximum atomic E-state index is 13.5. The average Bonchev–Trinajstić information content (AvgIpc) is 3.43. The van der Waals surface area contributed by atoms with Crippen LogP contribution in [0.15, 0.2) is 109 Å². The number of anilines is 2. The maximum absolute atomic E-state index is 13.5. The highest BCUT2D eigenvalue weighted by Gasteiger charge is 2.39. The minimum absolute atomic E-state index is 0.0521. The molecule has 0 saturated heterocycles. The predicted octanol–water partition coefficient (Wildman–Crippen LogP) is 8.53. The molecule has 4 aromatic rings. The van der Waals surface area contributed by atoms with Gasteiger partial charge in [-0.3, -0.25) is 0 Å². The van der Waals surface area contributed by atoms with Crippen molar-refractivity contribution in [3.8, 4) is 11.1 Å². The third kappa shape index (κ3) is 3.25. The molecule has 0 N–H and O–H groups in total. The number of hydrogen-bond donors (Lipinski definition) is 0. The van der Waals surface area contributed by atoms with E-state index in [1.165, 1.54) is 34.4 Å². The van der Waals surface area contributed by atoms with Crippen molar-refractivity contribution in [2.75, 3.05) is 4.90 Å². The van der Waals surface area contributed by atoms with Crippen molar-refractivity contribution in [1.82, 2.24) is 0 Å². The van der Waals surface area contributed by atoms with Gasteiger partial charge in [0.05, 0.1) is 11.6 Å². The van der Waals surface area contributed by atoms with Crippen molar-refractivity contribution in [2.24, 2.45) is 0 Å². The first kappa shape index (κ1) is 21.3. The van der Waals surface area contributed by atoms with Crippen LogP contribution in [0.25, 0.3) is 16.7 Å². The van der Waals surface area contributed by atoms with E-state index in [1.54, 1.807) is 6.07 Å². The van der Waals surface area contributed by atoms with Gasteiger partial charge < -0.3 is 4.90 Å². The molecule has 2 atom stereocenters. The zero-order valence-corrected chi connectivity index (χ0v) is 19.3. The average molecular weight is 478 g/mol. The fraction of sp³-hybridized carbons (Fsp3) is 0.125. The fourth-order valence-electron chi connectivity index (χ4n) is 5.98. The summed E-state index contributed by atoms with van der Waals surface area (Å²) < 4.78 is 40.4. The quantitative estimate of drug-likeness (QED) is 0.246. The molecule has 4 aromatic carbocycles. The molecule has 0 aromatic heterocycles. The molecule has 4 heteroatoms. The van der Waals surface area contributed by atoms with Gasteiger partial charge in [-0.25, -0.2) is 0 Å². The molecule has 2 unspecified atom stereocenters. The van der Waals surface area contributed by atoms with Gasteiger partial charge in [0.25, 0.3) is 0 Å². The lowest BCUT2D eigenvalue weighted by atomic mass is 9.85. The van der Waals surface area contributed by atoms with Crippen LogP contribution >= 0.6 is 0 Å². The second-order valence-electron chi connectivity index (χ2n) is 9.68. The van der Waals surface area contributed by atoms with Crippen molar-refractivity contribution >= 4 is 16.9 Å². The van der Waals surface area contributed by atoms with Crippen molar-refractivity contribution in [3.05, 3.63) is 137 Å². The third-order valence-electron chi connectivity index (χ3n) is 7.64. The Bertz CT molecular complexity index is 1580. The number of allylic oxidation sites excluding steroid dienone is 2. The lowest BCUT2D eigenvalue weighted by Crippen LogP contribution is -2.29. The molecule has 7 rings (SSSR count). The molecule has 0 bridgehead atoms. The number of nitrogens with zero attached hydrogens (tertiary/aromatic N) is 1. The number of fused-ring (bicyclic) bond motifs is 6. The SMILES string of the molecule is FC(F)(F)c1cccc(N2c3ccccc3C3C=C(c4ccc5c(c4)-c4ccccc4C5)C=CC32)c1. The molecule has 1 heterocycles. The first-order valence-electron chi connectivity index (χ1n) is 12.1. The highest BCUT2D eigenvalue weighted by Crippen LogP contribution is 2.50. The van der Waals surface area contributed by atoms with Crippen LogP contribution in [0.4, 0.5) is 24.5 Å². The number of benzene rings is 4. The minimum Gasteiger partial charge on any atom is -0.333 e. The molecule has 2 aliphatic carbocycles. The Morgan fingerprint density at radius 1 is 0.750 bits per heavy atom. The standard InChI is InChI=1S/C32H22F3N/c33-32(34,35)24-7-5-8-25(19-24)36-30-11-4-3-10-27(30)29-18-21(14-15-31(29)36)20-12-13-23-16-22-6-1-2-9-26(22)28(23)17-20/h1-15,17-19,29,31H,16H2. The molecule has 36 heavy (non-hydrogen) atoms. The van der Waals surface area contributed by atoms with Crippen molar-refractivity contribution in [3.63, 3.8) is 0 Å². The smallest absolute Gasteiger partial charge is 0.333 e. The lowest BCUT2D eigenvalue weighted by molar-refractivity contribution is -0.137. The Morgan fingerprint density at radius 3 is 2.44 bits per heavy atom. The zero-order valence-electron chi connectivity index (χ0n) is 19.3. The summed E-state index contributed by atoms with van der Waals surface area (Å²) in [5.74, 6) is 0.0521. The van der Waals surface area contributed by atoms with Crippen molar-refractivity contribution in [1.29, 1.82) is 0 Å². The first-order valence-corrected chi connectivity index (χ1v) is 12.1. The van der Waals surface area contributed by atoms with Crippen LogP contribution in [0.1, 0.15) is 33.7 Å². The Morgan fingerprint density at radius 2 is 1.56 bits per heavy atom. The molecule has 1 aliphatic heterocycles. The van der Waals surface area contributed by atoms with E-state index in [0.29, 0.717) is 5.69 Å². The number of rotatable bonds is 2. The Balaban J connectivity index is 1.29. The summed E-state index contributed by atoms with van der Waals surface area (Å²) >= 11 is 0. The molecule has 0 saturated carbocycles. The third-order valence-corrected chi connectivity index (χ3v) is 7.64. The monoisotopic (exact) mass is 477 g/mol. The topological polar surface area (TPSA) is 3.24 Å². The van der Waals surface area contributed by atoms with Gasteiger partial charge in [0.2, 0.25) is 0 Å². The van der Waals surface area contributed by atoms with Gasteiger partial charge in [-0.15, -0.1) is 0 Å². The number of hydrogen-bond acceptors (Lipinski definition) is 1. The molecular formula is C32H22F3N. The van der Waals surface area contributed by atoms with E-state index in [-0.39, 0.29) is 12.0 Å². The molecular weight excluding hydrogens is 455 g/mol. The molecule has 3 aliphatic rings. The summed E-state index contributed by atoms with van der Waals surface area (Å²) in [6.07, 6.45) is 3.12. The van der Waals surface area contributed by atoms with Crippen LogP contribution in [-0.2, 0) is 12.6 Å². The normalized spacial score (nSPS) is 19.4. The van der Waals surface area contributed by atoms with Crippen LogP contribution in [0.5, 0.6) is 0 Å². The van der Waals surface area contributed by atoms with E-state index in [9.17, 15) is 13.2 Å². The van der Waals surface area contributed by atoms with Gasteiger partial charge in [0.1, 0.15) is 0 Å². The van der Waals surface area contributed by atoms with E-state index < -0.39 is 11.7 Å². The van der Waals surface area contributed by atoms with Gasteiger partial charge in [-0.2, -0.15) is 13.2 Å². The van der Waals surface area contributed by atoms with E-state index >= 15 is 0 Å². The summed E-state index contributed by atoms with van der Waals surface area (Å²) in [4.78, 5) is 2.04. The van der Waals surface area contributed by atoms with Crippen molar-refractivity contribution in [2.45, 2.75) is 24.6 Å². The molecule has 0 radical (unpaired) electrons. The number of halogens is 3. The Labute approximate surface area is 207 Å². The van der Waals surface area contributed by atoms with Crippen LogP contribution in [0.2, 0.25) is 0 Å². The highest BCUT2D eigenvalue weighted by atomic mass is 19.4. The van der Waals surface area contributed by atoms with Gasteiger partial charge in [0.15, 0.2) is 0 Å². The molecule has 0 fully saturated rings. The number of alkyl halides is 3. The van der Waals surface area contributed by atoms with Crippen LogP contribution in [0, 0.1) is 0 Å². The summed E-state index contributed by atoms with van der Waals surface area (Å²) in [6.45, 7) is 0. The summed E-state index contributed by atoms with van der Waals surface area (Å²) in [7, 11) is 0. The van der Waals surface area contributed by atoms with Crippen LogP contribution in [-0.4, -0.2) is 6.04 Å². The molecule has 176 valence electrons. The largest absolute Gasteiger partial charge is 0.416 e. The maximum Gasteiger partial charge on any atom is 0.416 e. The van der Waals surface area contributed by atoms with E-state index in [4.69, 9.17) is 0 Å². The van der Waals surface area contributed by atoms with E-state index in [2.05, 4.69) is 66.8 Å². The second-order valence-corrected chi connectivity index (χ2v) is 9.68. The highest BCUT2D eigenvalue weighted by molar-refractivity contribution is 5.86. The minimum atomic E-state index is -4.38. The summed E-state index contributed by atoms with van der Waals surface area (Å²) in [5, 5.41) is 0. The van der Waals surface area contributed by atoms with Gasteiger partial charge in [0, 0.05) is 17.3 Å². The molecule has 1 nitrogen and oxygen atoms in total. The Hall–Kier alpha value is -4.05. The van der Waals surface area contributed by atoms with Gasteiger partial charge in [-0.1, -0.05) is 78.9 Å².